The molecule has 4 aliphatic carbocycles. The fourth-order valence-electron chi connectivity index (χ4n) is 14.1. The quantitative estimate of drug-likeness (QED) is 0.147. The molecule has 17 nitrogen and oxygen atoms in total. The summed E-state index contributed by atoms with van der Waals surface area (Å²) in [6, 6.07) is 0. The molecule has 342 valence electrons. The molecule has 9 N–H and O–H groups in total. The zero-order valence-corrected chi connectivity index (χ0v) is 35.1. The van der Waals surface area contributed by atoms with E-state index in [0.29, 0.717) is 49.4 Å². The highest BCUT2D eigenvalue weighted by Crippen LogP contribution is 2.71. The molecule has 9 rings (SSSR count). The van der Waals surface area contributed by atoms with Gasteiger partial charge < -0.3 is 79.1 Å². The maximum atomic E-state index is 14.4. The summed E-state index contributed by atoms with van der Waals surface area (Å²) in [5, 5.41) is 96.7. The predicted molar refractivity (Wildman–Crippen MR) is 204 cm³/mol. The van der Waals surface area contributed by atoms with Crippen LogP contribution in [0.4, 0.5) is 0 Å². The Morgan fingerprint density at radius 1 is 0.700 bits per heavy atom. The first-order valence-corrected chi connectivity index (χ1v) is 22.5. The lowest BCUT2D eigenvalue weighted by Gasteiger charge is -2.60. The van der Waals surface area contributed by atoms with Gasteiger partial charge in [0.2, 0.25) is 0 Å². The monoisotopic (exact) mass is 856 g/mol. The summed E-state index contributed by atoms with van der Waals surface area (Å²) >= 11 is 0. The van der Waals surface area contributed by atoms with Crippen LogP contribution >= 0.6 is 0 Å². The third-order valence-electron chi connectivity index (χ3n) is 17.5. The van der Waals surface area contributed by atoms with E-state index in [1.165, 1.54) is 0 Å². The van der Waals surface area contributed by atoms with Crippen LogP contribution in [0.5, 0.6) is 0 Å². The second-order valence-electron chi connectivity index (χ2n) is 20.8. The standard InChI is InChI=1S/C43H68O17/c1-17-5-10-43(56-14-17)18(2)28-27(60-43)13-22-20-12-24(44)23-11-19(6-8-41(23,3)21(20)7-9-42(22,28)4)57-40-34(52)32(50)37(58-39-33(51)30(48)26(46)16-55-39)38(59-40)35(53)36-31(49)29(47)25(45)15-54-36/h17-23,25-40,45-53H,5-16H2,1-4H3. The number of hydrogen-bond acceptors (Lipinski definition) is 17. The van der Waals surface area contributed by atoms with Crippen LogP contribution in [0.1, 0.15) is 85.5 Å². The summed E-state index contributed by atoms with van der Waals surface area (Å²) in [5.41, 5.74) is -0.209. The lowest BCUT2D eigenvalue weighted by Crippen LogP contribution is -2.68. The molecule has 5 aliphatic heterocycles. The second-order valence-corrected chi connectivity index (χ2v) is 20.8. The highest BCUT2D eigenvalue weighted by molar-refractivity contribution is 5.83. The minimum absolute atomic E-state index is 0.0573. The summed E-state index contributed by atoms with van der Waals surface area (Å²) in [6.07, 6.45) is -16.7. The van der Waals surface area contributed by atoms with Gasteiger partial charge in [-0.15, -0.1) is 0 Å². The van der Waals surface area contributed by atoms with Gasteiger partial charge in [0.05, 0.1) is 32.0 Å². The van der Waals surface area contributed by atoms with Crippen LogP contribution in [-0.2, 0) is 38.0 Å². The van der Waals surface area contributed by atoms with Crippen LogP contribution in [0.3, 0.4) is 0 Å². The molecular formula is C43H68O17. The molecule has 5 heterocycles. The smallest absolute Gasteiger partial charge is 0.186 e. The molecule has 0 aromatic heterocycles. The van der Waals surface area contributed by atoms with E-state index in [0.717, 1.165) is 38.7 Å². The molecule has 1 spiro atoms. The molecule has 5 saturated heterocycles. The first kappa shape index (κ1) is 44.2. The Labute approximate surface area is 350 Å². The highest BCUT2D eigenvalue weighted by Gasteiger charge is 2.70. The van der Waals surface area contributed by atoms with Crippen molar-refractivity contribution < 1.29 is 83.9 Å². The molecule has 9 aliphatic rings. The zero-order chi connectivity index (χ0) is 42.8. The minimum Gasteiger partial charge on any atom is -0.388 e. The van der Waals surface area contributed by atoms with E-state index in [4.69, 9.17) is 33.2 Å². The molecular weight excluding hydrogens is 788 g/mol. The summed E-state index contributed by atoms with van der Waals surface area (Å²) in [6.45, 7) is 9.10. The number of aliphatic hydroxyl groups is 9. The van der Waals surface area contributed by atoms with Crippen molar-refractivity contribution in [2.24, 2.45) is 52.3 Å². The highest BCUT2D eigenvalue weighted by atomic mass is 16.7. The number of carbonyl (C=O) groups is 1. The number of Topliss-reactive ketones (excluding diaryl/α,β-unsaturated/α-hetero) is 1. The van der Waals surface area contributed by atoms with E-state index in [9.17, 15) is 50.8 Å². The van der Waals surface area contributed by atoms with Crippen molar-refractivity contribution >= 4 is 5.78 Å². The van der Waals surface area contributed by atoms with Crippen LogP contribution in [0.25, 0.3) is 0 Å². The summed E-state index contributed by atoms with van der Waals surface area (Å²) in [5.74, 6) is 1.58. The van der Waals surface area contributed by atoms with Crippen LogP contribution in [0.15, 0.2) is 0 Å². The van der Waals surface area contributed by atoms with Gasteiger partial charge in [-0.05, 0) is 85.4 Å². The minimum atomic E-state index is -1.87. The lowest BCUT2D eigenvalue weighted by molar-refractivity contribution is -0.366. The van der Waals surface area contributed by atoms with Crippen molar-refractivity contribution in [3.05, 3.63) is 0 Å². The van der Waals surface area contributed by atoms with E-state index in [2.05, 4.69) is 27.7 Å². The van der Waals surface area contributed by atoms with Gasteiger partial charge in [0, 0.05) is 24.7 Å². The Hall–Kier alpha value is -0.970. The summed E-state index contributed by atoms with van der Waals surface area (Å²) in [7, 11) is 0. The number of ether oxygens (including phenoxy) is 7. The molecule has 0 amide bonds. The van der Waals surface area contributed by atoms with Crippen molar-refractivity contribution in [2.75, 3.05) is 19.8 Å². The normalized spacial score (nSPS) is 58.6. The summed E-state index contributed by atoms with van der Waals surface area (Å²) < 4.78 is 42.7. The number of rotatable bonds is 6. The third-order valence-corrected chi connectivity index (χ3v) is 17.5. The molecule has 26 unspecified atom stereocenters. The molecule has 0 aromatic rings. The number of carbonyl (C=O) groups excluding carboxylic acids is 1. The summed E-state index contributed by atoms with van der Waals surface area (Å²) in [4.78, 5) is 14.4. The largest absolute Gasteiger partial charge is 0.388 e. The van der Waals surface area contributed by atoms with Gasteiger partial charge >= 0.3 is 0 Å². The second kappa shape index (κ2) is 16.2. The van der Waals surface area contributed by atoms with Crippen molar-refractivity contribution in [3.8, 4) is 0 Å². The van der Waals surface area contributed by atoms with Crippen molar-refractivity contribution in [1.29, 1.82) is 0 Å². The van der Waals surface area contributed by atoms with E-state index in [-0.39, 0.29) is 40.5 Å². The van der Waals surface area contributed by atoms with Crippen LogP contribution < -0.4 is 0 Å². The zero-order valence-electron chi connectivity index (χ0n) is 35.1. The van der Waals surface area contributed by atoms with Gasteiger partial charge in [-0.3, -0.25) is 4.79 Å². The van der Waals surface area contributed by atoms with Crippen LogP contribution in [0, 0.1) is 52.3 Å². The van der Waals surface area contributed by atoms with Gasteiger partial charge in [0.1, 0.15) is 79.0 Å². The molecule has 26 atom stereocenters. The number of ketones is 1. The number of aliphatic hydroxyl groups excluding tert-OH is 9. The molecule has 0 radical (unpaired) electrons. The molecule has 0 aromatic carbocycles. The predicted octanol–water partition coefficient (Wildman–Crippen LogP) is -0.890. The fraction of sp³-hybridized carbons (Fsp3) is 0.977. The first-order valence-electron chi connectivity index (χ1n) is 22.5. The first-order chi connectivity index (χ1) is 28.4. The number of hydrogen-bond donors (Lipinski definition) is 9. The lowest BCUT2D eigenvalue weighted by atomic mass is 9.44. The van der Waals surface area contributed by atoms with Crippen molar-refractivity contribution in [3.63, 3.8) is 0 Å². The van der Waals surface area contributed by atoms with E-state index >= 15 is 0 Å². The maximum Gasteiger partial charge on any atom is 0.186 e. The average molecular weight is 857 g/mol. The van der Waals surface area contributed by atoms with Crippen LogP contribution in [-0.4, -0.2) is 175 Å². The van der Waals surface area contributed by atoms with Gasteiger partial charge in [-0.1, -0.05) is 27.7 Å². The fourth-order valence-corrected chi connectivity index (χ4v) is 14.1. The Morgan fingerprint density at radius 2 is 1.38 bits per heavy atom. The van der Waals surface area contributed by atoms with E-state index in [1.54, 1.807) is 0 Å². The topological polar surface area (TPSA) is 264 Å². The number of fused-ring (bicyclic) bond motifs is 7. The molecule has 0 bridgehead atoms. The van der Waals surface area contributed by atoms with E-state index in [1.807, 2.05) is 0 Å². The van der Waals surface area contributed by atoms with Gasteiger partial charge in [-0.2, -0.15) is 0 Å². The maximum absolute atomic E-state index is 14.4. The Morgan fingerprint density at radius 3 is 2.10 bits per heavy atom. The SMILES string of the molecule is CC1CCC2(OC1)OC1CC3C4CC(=O)C5CC(OC6OC(C(O)C7OCC(O)C(O)C7O)C(OC7OCC(O)C(O)C7O)C(O)C6O)CCC5(C)C4CCC3(C)C1C2C. The van der Waals surface area contributed by atoms with Gasteiger partial charge in [-0.25, -0.2) is 0 Å². The van der Waals surface area contributed by atoms with E-state index < -0.39 is 111 Å². The molecule has 4 saturated carbocycles. The Kier molecular flexibility index (Phi) is 11.9. The molecule has 60 heavy (non-hydrogen) atoms. The van der Waals surface area contributed by atoms with Gasteiger partial charge in [0.25, 0.3) is 0 Å². The van der Waals surface area contributed by atoms with Crippen molar-refractivity contribution in [2.45, 2.75) is 189 Å². The molecule has 17 heteroatoms. The molecule has 9 fully saturated rings. The van der Waals surface area contributed by atoms with Gasteiger partial charge in [0.15, 0.2) is 18.4 Å². The third kappa shape index (κ3) is 6.99. The Bertz CT molecular complexity index is 1560. The Balaban J connectivity index is 0.894. The van der Waals surface area contributed by atoms with Crippen molar-refractivity contribution in [1.82, 2.24) is 0 Å². The van der Waals surface area contributed by atoms with Crippen LogP contribution in [0.2, 0.25) is 0 Å². The average Bonchev–Trinajstić information content (AvgIpc) is 3.67.